The molecule has 1 aromatic rings. The molecule has 0 unspecified atom stereocenters. The molecule has 0 saturated heterocycles. The fraction of sp³-hybridized carbons (Fsp3) is 0.200. The summed E-state index contributed by atoms with van der Waals surface area (Å²) in [7, 11) is 0. The van der Waals surface area contributed by atoms with E-state index in [1.54, 1.807) is 0 Å². The van der Waals surface area contributed by atoms with Crippen LogP contribution in [0.15, 0.2) is 18.2 Å². The number of carbonyl (C=O) groups is 2. The largest absolute Gasteiger partial charge is 0.295 e. The van der Waals surface area contributed by atoms with Gasteiger partial charge in [-0.15, -0.1) is 0 Å². The van der Waals surface area contributed by atoms with Gasteiger partial charge in [-0.2, -0.15) is 0 Å². The Morgan fingerprint density at radius 1 is 1.14 bits per heavy atom. The monoisotopic (exact) mass is 195 g/mol. The highest BCUT2D eigenvalue weighted by atomic mass is 16.5. The van der Waals surface area contributed by atoms with Crippen LogP contribution < -0.4 is 5.48 Å². The SMILES string of the molecule is Cc1cccc(C)c1NO.O=CC=O. The third-order valence-corrected chi connectivity index (χ3v) is 1.65. The molecule has 0 atom stereocenters. The molecular weight excluding hydrogens is 182 g/mol. The van der Waals surface area contributed by atoms with E-state index < -0.39 is 0 Å². The molecule has 1 aromatic carbocycles. The van der Waals surface area contributed by atoms with Gasteiger partial charge in [0.25, 0.3) is 0 Å². The number of carbonyl (C=O) groups excluding carboxylic acids is 2. The Morgan fingerprint density at radius 3 is 1.79 bits per heavy atom. The summed E-state index contributed by atoms with van der Waals surface area (Å²) >= 11 is 0. The van der Waals surface area contributed by atoms with Crippen molar-refractivity contribution in [1.29, 1.82) is 0 Å². The first-order chi connectivity index (χ1) is 6.67. The van der Waals surface area contributed by atoms with Crippen molar-refractivity contribution >= 4 is 18.3 Å². The van der Waals surface area contributed by atoms with Crippen molar-refractivity contribution in [3.8, 4) is 0 Å². The first-order valence-corrected chi connectivity index (χ1v) is 4.02. The maximum absolute atomic E-state index is 8.81. The molecule has 0 aliphatic carbocycles. The number of benzene rings is 1. The lowest BCUT2D eigenvalue weighted by molar-refractivity contribution is -0.122. The number of aldehydes is 2. The Kier molecular flexibility index (Phi) is 5.98. The first kappa shape index (κ1) is 12.3. The van der Waals surface area contributed by atoms with E-state index in [2.05, 4.69) is 5.48 Å². The second kappa shape index (κ2) is 6.80. The van der Waals surface area contributed by atoms with Crippen molar-refractivity contribution in [2.75, 3.05) is 5.48 Å². The van der Waals surface area contributed by atoms with Gasteiger partial charge in [0.15, 0.2) is 12.6 Å². The van der Waals surface area contributed by atoms with Crippen molar-refractivity contribution < 1.29 is 14.8 Å². The van der Waals surface area contributed by atoms with Gasteiger partial charge in [-0.1, -0.05) is 18.2 Å². The molecule has 0 bridgehead atoms. The highest BCUT2D eigenvalue weighted by molar-refractivity contribution is 6.09. The summed E-state index contributed by atoms with van der Waals surface area (Å²) in [5.74, 6) is 0. The van der Waals surface area contributed by atoms with Crippen LogP contribution in [0.2, 0.25) is 0 Å². The molecule has 0 amide bonds. The van der Waals surface area contributed by atoms with Gasteiger partial charge in [-0.3, -0.25) is 20.3 Å². The molecule has 0 saturated carbocycles. The summed E-state index contributed by atoms with van der Waals surface area (Å²) in [5, 5.41) is 8.65. The number of aryl methyl sites for hydroxylation is 2. The Bertz CT molecular complexity index is 284. The molecule has 0 radical (unpaired) electrons. The van der Waals surface area contributed by atoms with E-state index in [9.17, 15) is 0 Å². The predicted molar refractivity (Wildman–Crippen MR) is 53.5 cm³/mol. The fourth-order valence-electron chi connectivity index (χ4n) is 0.991. The third-order valence-electron chi connectivity index (χ3n) is 1.65. The molecule has 0 aliphatic rings. The molecule has 0 aromatic heterocycles. The van der Waals surface area contributed by atoms with Gasteiger partial charge in [-0.25, -0.2) is 0 Å². The second-order valence-electron chi connectivity index (χ2n) is 2.65. The van der Waals surface area contributed by atoms with E-state index >= 15 is 0 Å². The summed E-state index contributed by atoms with van der Waals surface area (Å²) in [5.41, 5.74) is 5.09. The zero-order valence-electron chi connectivity index (χ0n) is 8.15. The Labute approximate surface area is 82.5 Å². The number of para-hydroxylation sites is 1. The lowest BCUT2D eigenvalue weighted by Crippen LogP contribution is -1.94. The summed E-state index contributed by atoms with van der Waals surface area (Å²) in [6, 6.07) is 5.86. The second-order valence-corrected chi connectivity index (χ2v) is 2.65. The van der Waals surface area contributed by atoms with Crippen LogP contribution in [0.1, 0.15) is 11.1 Å². The number of rotatable bonds is 2. The van der Waals surface area contributed by atoms with E-state index in [1.165, 1.54) is 0 Å². The van der Waals surface area contributed by atoms with Gasteiger partial charge < -0.3 is 0 Å². The van der Waals surface area contributed by atoms with Gasteiger partial charge >= 0.3 is 0 Å². The number of anilines is 1. The van der Waals surface area contributed by atoms with E-state index in [-0.39, 0.29) is 12.6 Å². The van der Waals surface area contributed by atoms with Gasteiger partial charge in [0, 0.05) is 0 Å². The zero-order chi connectivity index (χ0) is 11.0. The topological polar surface area (TPSA) is 66.4 Å². The Balaban J connectivity index is 0.000000364. The van der Waals surface area contributed by atoms with Crippen LogP contribution in [0.25, 0.3) is 0 Å². The van der Waals surface area contributed by atoms with E-state index in [1.807, 2.05) is 32.0 Å². The minimum absolute atomic E-state index is 0.194. The average molecular weight is 195 g/mol. The lowest BCUT2D eigenvalue weighted by atomic mass is 10.1. The summed E-state index contributed by atoms with van der Waals surface area (Å²) in [6.45, 7) is 3.90. The van der Waals surface area contributed by atoms with Crippen LogP contribution in [0.3, 0.4) is 0 Å². The molecule has 0 fully saturated rings. The maximum Gasteiger partial charge on any atom is 0.182 e. The molecule has 4 nitrogen and oxygen atoms in total. The molecule has 0 spiro atoms. The van der Waals surface area contributed by atoms with Crippen LogP contribution in [0.4, 0.5) is 5.69 Å². The molecule has 0 heterocycles. The number of hydrogen-bond donors (Lipinski definition) is 2. The van der Waals surface area contributed by atoms with Crippen LogP contribution in [-0.2, 0) is 9.59 Å². The fourth-order valence-corrected chi connectivity index (χ4v) is 0.991. The number of nitrogens with one attached hydrogen (secondary N) is 1. The van der Waals surface area contributed by atoms with Crippen LogP contribution in [0.5, 0.6) is 0 Å². The molecule has 76 valence electrons. The van der Waals surface area contributed by atoms with Gasteiger partial charge in [0.1, 0.15) is 0 Å². The first-order valence-electron chi connectivity index (χ1n) is 4.02. The van der Waals surface area contributed by atoms with Crippen LogP contribution >= 0.6 is 0 Å². The Morgan fingerprint density at radius 2 is 1.57 bits per heavy atom. The molecule has 2 N–H and O–H groups in total. The highest BCUT2D eigenvalue weighted by Gasteiger charge is 1.97. The smallest absolute Gasteiger partial charge is 0.182 e. The molecule has 4 heteroatoms. The van der Waals surface area contributed by atoms with E-state index in [0.717, 1.165) is 16.8 Å². The zero-order valence-corrected chi connectivity index (χ0v) is 8.15. The minimum atomic E-state index is 0.194. The van der Waals surface area contributed by atoms with Gasteiger partial charge in [0.2, 0.25) is 0 Å². The molecule has 1 rings (SSSR count). The standard InChI is InChI=1S/C8H11NO.C2H2O2/c1-6-4-3-5-7(2)8(6)9-10;3-1-2-4/h3-5,9-10H,1-2H3;1-2H. The van der Waals surface area contributed by atoms with Crippen molar-refractivity contribution in [3.05, 3.63) is 29.3 Å². The summed E-state index contributed by atoms with van der Waals surface area (Å²) < 4.78 is 0. The third kappa shape index (κ3) is 3.82. The highest BCUT2D eigenvalue weighted by Crippen LogP contribution is 2.17. The molecular formula is C10H13NO3. The van der Waals surface area contributed by atoms with Gasteiger partial charge in [-0.05, 0) is 25.0 Å². The van der Waals surface area contributed by atoms with Crippen molar-refractivity contribution in [3.63, 3.8) is 0 Å². The average Bonchev–Trinajstić information content (AvgIpc) is 2.19. The van der Waals surface area contributed by atoms with Crippen LogP contribution in [0, 0.1) is 13.8 Å². The normalized spacial score (nSPS) is 8.21. The Hall–Kier alpha value is -1.68. The van der Waals surface area contributed by atoms with Crippen molar-refractivity contribution in [2.24, 2.45) is 0 Å². The van der Waals surface area contributed by atoms with E-state index in [0.29, 0.717) is 0 Å². The summed E-state index contributed by atoms with van der Waals surface area (Å²) in [4.78, 5) is 17.6. The van der Waals surface area contributed by atoms with Crippen LogP contribution in [-0.4, -0.2) is 17.8 Å². The van der Waals surface area contributed by atoms with E-state index in [4.69, 9.17) is 14.8 Å². The summed E-state index contributed by atoms with van der Waals surface area (Å²) in [6.07, 6.45) is 0.389. The van der Waals surface area contributed by atoms with Crippen molar-refractivity contribution in [1.82, 2.24) is 0 Å². The molecule has 14 heavy (non-hydrogen) atoms. The minimum Gasteiger partial charge on any atom is -0.295 e. The lowest BCUT2D eigenvalue weighted by Gasteiger charge is -2.05. The van der Waals surface area contributed by atoms with Crippen molar-refractivity contribution in [2.45, 2.75) is 13.8 Å². The quantitative estimate of drug-likeness (QED) is 0.426. The molecule has 0 aliphatic heterocycles. The van der Waals surface area contributed by atoms with Gasteiger partial charge in [0.05, 0.1) is 5.69 Å². The maximum atomic E-state index is 8.81. The predicted octanol–water partition coefficient (Wildman–Crippen LogP) is 1.49. The number of hydrogen-bond acceptors (Lipinski definition) is 4.